The molecule has 1 amide bonds. The lowest BCUT2D eigenvalue weighted by atomic mass is 10.0. The molecule has 7 nitrogen and oxygen atoms in total. The van der Waals surface area contributed by atoms with E-state index in [-0.39, 0.29) is 5.92 Å². The summed E-state index contributed by atoms with van der Waals surface area (Å²) < 4.78 is 9.12. The van der Waals surface area contributed by atoms with E-state index < -0.39 is 37.1 Å². The lowest BCUT2D eigenvalue weighted by Gasteiger charge is -2.19. The van der Waals surface area contributed by atoms with Gasteiger partial charge in [0, 0.05) is 0 Å². The van der Waals surface area contributed by atoms with E-state index in [0.29, 0.717) is 0 Å². The van der Waals surface area contributed by atoms with E-state index >= 15 is 0 Å². The summed E-state index contributed by atoms with van der Waals surface area (Å²) in [6.07, 6.45) is 0. The van der Waals surface area contributed by atoms with E-state index in [0.717, 1.165) is 0 Å². The average molecular weight is 247 g/mol. The molecule has 0 radical (unpaired) electrons. The van der Waals surface area contributed by atoms with E-state index in [1.54, 1.807) is 13.8 Å². The Balaban J connectivity index is 4.13. The fraction of sp³-hybridized carbons (Fsp3) is 0.700. The third-order valence-electron chi connectivity index (χ3n) is 1.90. The highest BCUT2D eigenvalue weighted by Gasteiger charge is 2.24. The zero-order valence-electron chi connectivity index (χ0n) is 10.1. The largest absolute Gasteiger partial charge is 0.480 e. The molecule has 0 heterocycles. The predicted molar refractivity (Wildman–Crippen MR) is 57.2 cm³/mol. The highest BCUT2D eigenvalue weighted by molar-refractivity contribution is 5.85. The van der Waals surface area contributed by atoms with Crippen LogP contribution >= 0.6 is 0 Å². The van der Waals surface area contributed by atoms with Crippen molar-refractivity contribution in [1.82, 2.24) is 5.32 Å². The molecule has 0 aromatic carbocycles. The number of esters is 1. The number of carbonyl (C=O) groups is 3. The second-order valence-electron chi connectivity index (χ2n) is 3.70. The Kier molecular flexibility index (Phi) is 6.88. The molecule has 0 aliphatic carbocycles. The number of aliphatic carboxylic acids is 1. The highest BCUT2D eigenvalue weighted by atomic mass is 16.5. The van der Waals surface area contributed by atoms with E-state index in [9.17, 15) is 14.4 Å². The fourth-order valence-electron chi connectivity index (χ4n) is 1.07. The van der Waals surface area contributed by atoms with Crippen LogP contribution < -0.4 is 5.32 Å². The predicted octanol–water partition coefficient (Wildman–Crippen LogP) is -0.599. The van der Waals surface area contributed by atoms with Crippen molar-refractivity contribution < 1.29 is 29.0 Å². The van der Waals surface area contributed by atoms with Crippen molar-refractivity contribution in [2.24, 2.45) is 5.92 Å². The molecule has 0 saturated heterocycles. The molecule has 0 aromatic rings. The monoisotopic (exact) mass is 247 g/mol. The van der Waals surface area contributed by atoms with Crippen molar-refractivity contribution in [3.05, 3.63) is 0 Å². The second-order valence-corrected chi connectivity index (χ2v) is 3.70. The molecule has 0 fully saturated rings. The van der Waals surface area contributed by atoms with Gasteiger partial charge in [0.2, 0.25) is 5.91 Å². The molecule has 0 aromatic heterocycles. The van der Waals surface area contributed by atoms with Crippen molar-refractivity contribution in [2.75, 3.05) is 20.3 Å². The number of carboxylic acids is 1. The summed E-state index contributed by atoms with van der Waals surface area (Å²) in [5.74, 6) is -2.40. The molecule has 0 unspecified atom stereocenters. The Hall–Kier alpha value is -1.63. The molecule has 98 valence electrons. The van der Waals surface area contributed by atoms with Crippen LogP contribution in [0, 0.1) is 5.92 Å². The summed E-state index contributed by atoms with van der Waals surface area (Å²) in [4.78, 5) is 32.8. The Labute approximate surface area is 99.1 Å². The molecule has 0 spiro atoms. The maximum atomic E-state index is 11.3. The first-order chi connectivity index (χ1) is 7.88. The number of methoxy groups -OCH3 is 1. The van der Waals surface area contributed by atoms with Crippen LogP contribution in [0.3, 0.4) is 0 Å². The quantitative estimate of drug-likeness (QED) is 0.582. The molecule has 2 N–H and O–H groups in total. The van der Waals surface area contributed by atoms with Crippen LogP contribution in [0.25, 0.3) is 0 Å². The summed E-state index contributed by atoms with van der Waals surface area (Å²) in [6, 6.07) is -0.763. The molecule has 7 heteroatoms. The Bertz CT molecular complexity index is 289. The van der Waals surface area contributed by atoms with E-state index in [1.807, 2.05) is 0 Å². The molecule has 0 aliphatic heterocycles. The highest BCUT2D eigenvalue weighted by Crippen LogP contribution is 2.03. The molecule has 0 bridgehead atoms. The number of ether oxygens (including phenoxy) is 2. The summed E-state index contributed by atoms with van der Waals surface area (Å²) in [5.41, 5.74) is 0. The number of nitrogens with one attached hydrogen (secondary N) is 1. The summed E-state index contributed by atoms with van der Waals surface area (Å²) in [6.45, 7) is 2.53. The molecular weight excluding hydrogens is 230 g/mol. The SMILES string of the molecule is COC(=O)[C@@H](NC(=O)COCC(=O)O)C(C)C. The second kappa shape index (κ2) is 7.61. The van der Waals surface area contributed by atoms with Crippen LogP contribution in [-0.4, -0.2) is 49.3 Å². The van der Waals surface area contributed by atoms with Crippen LogP contribution in [0.1, 0.15) is 13.8 Å². The fourth-order valence-corrected chi connectivity index (χ4v) is 1.07. The average Bonchev–Trinajstić information content (AvgIpc) is 2.24. The van der Waals surface area contributed by atoms with Crippen LogP contribution in [0.2, 0.25) is 0 Å². The minimum atomic E-state index is -1.16. The van der Waals surface area contributed by atoms with Crippen molar-refractivity contribution in [2.45, 2.75) is 19.9 Å². The van der Waals surface area contributed by atoms with Gasteiger partial charge in [0.25, 0.3) is 0 Å². The topological polar surface area (TPSA) is 102 Å². The van der Waals surface area contributed by atoms with Gasteiger partial charge in [-0.3, -0.25) is 4.79 Å². The van der Waals surface area contributed by atoms with Crippen molar-refractivity contribution in [1.29, 1.82) is 0 Å². The molecule has 0 rings (SSSR count). The Morgan fingerprint density at radius 3 is 2.24 bits per heavy atom. The molecule has 1 atom stereocenters. The summed E-state index contributed by atoms with van der Waals surface area (Å²) in [7, 11) is 1.23. The van der Waals surface area contributed by atoms with E-state index in [1.165, 1.54) is 7.11 Å². The molecule has 0 aliphatic rings. The van der Waals surface area contributed by atoms with Crippen LogP contribution in [-0.2, 0) is 23.9 Å². The van der Waals surface area contributed by atoms with Gasteiger partial charge in [0.15, 0.2) is 0 Å². The van der Waals surface area contributed by atoms with Gasteiger partial charge in [-0.1, -0.05) is 13.8 Å². The van der Waals surface area contributed by atoms with Gasteiger partial charge >= 0.3 is 11.9 Å². The first kappa shape index (κ1) is 15.4. The first-order valence-corrected chi connectivity index (χ1v) is 5.05. The zero-order valence-corrected chi connectivity index (χ0v) is 10.1. The van der Waals surface area contributed by atoms with Gasteiger partial charge in [0.05, 0.1) is 7.11 Å². The molecular formula is C10H17NO6. The van der Waals surface area contributed by atoms with Gasteiger partial charge in [-0.05, 0) is 5.92 Å². The number of rotatable bonds is 7. The molecule has 17 heavy (non-hydrogen) atoms. The maximum absolute atomic E-state index is 11.3. The normalized spacial score (nSPS) is 12.0. The number of hydrogen-bond acceptors (Lipinski definition) is 5. The molecule has 0 saturated carbocycles. The van der Waals surface area contributed by atoms with Crippen LogP contribution in [0.5, 0.6) is 0 Å². The van der Waals surface area contributed by atoms with Gasteiger partial charge in [0.1, 0.15) is 19.3 Å². The van der Waals surface area contributed by atoms with Gasteiger partial charge in [-0.25, -0.2) is 9.59 Å². The first-order valence-electron chi connectivity index (χ1n) is 5.05. The number of amides is 1. The minimum Gasteiger partial charge on any atom is -0.480 e. The maximum Gasteiger partial charge on any atom is 0.329 e. The van der Waals surface area contributed by atoms with E-state index in [4.69, 9.17) is 5.11 Å². The zero-order chi connectivity index (χ0) is 13.4. The number of carbonyl (C=O) groups excluding carboxylic acids is 2. The summed E-state index contributed by atoms with van der Waals surface area (Å²) in [5, 5.41) is 10.7. The third kappa shape index (κ3) is 6.52. The lowest BCUT2D eigenvalue weighted by Crippen LogP contribution is -2.46. The Morgan fingerprint density at radius 2 is 1.82 bits per heavy atom. The van der Waals surface area contributed by atoms with Gasteiger partial charge in [-0.2, -0.15) is 0 Å². The van der Waals surface area contributed by atoms with Crippen molar-refractivity contribution in [3.63, 3.8) is 0 Å². The van der Waals surface area contributed by atoms with Crippen LogP contribution in [0.4, 0.5) is 0 Å². The van der Waals surface area contributed by atoms with Crippen molar-refractivity contribution in [3.8, 4) is 0 Å². The number of carboxylic acid groups (broad SMARTS) is 1. The lowest BCUT2D eigenvalue weighted by molar-refractivity contribution is -0.148. The van der Waals surface area contributed by atoms with Gasteiger partial charge in [-0.15, -0.1) is 0 Å². The summed E-state index contributed by atoms with van der Waals surface area (Å²) >= 11 is 0. The third-order valence-corrected chi connectivity index (χ3v) is 1.90. The number of hydrogen-bond donors (Lipinski definition) is 2. The Morgan fingerprint density at radius 1 is 1.24 bits per heavy atom. The minimum absolute atomic E-state index is 0.133. The van der Waals surface area contributed by atoms with Crippen LogP contribution in [0.15, 0.2) is 0 Å². The van der Waals surface area contributed by atoms with E-state index in [2.05, 4.69) is 14.8 Å². The standard InChI is InChI=1S/C10H17NO6/c1-6(2)9(10(15)16-3)11-7(12)4-17-5-8(13)14/h6,9H,4-5H2,1-3H3,(H,11,12)(H,13,14)/t9-/m0/s1. The smallest absolute Gasteiger partial charge is 0.329 e. The van der Waals surface area contributed by atoms with Gasteiger partial charge < -0.3 is 19.9 Å². The van der Waals surface area contributed by atoms with Crippen molar-refractivity contribution >= 4 is 17.8 Å².